The van der Waals surface area contributed by atoms with Crippen molar-refractivity contribution in [2.75, 3.05) is 0 Å². The Bertz CT molecular complexity index is 742. The molecule has 2 aromatic carbocycles. The van der Waals surface area contributed by atoms with Crippen molar-refractivity contribution in [3.8, 4) is 5.75 Å². The van der Waals surface area contributed by atoms with Crippen LogP contribution in [0.4, 0.5) is 0 Å². The van der Waals surface area contributed by atoms with E-state index in [-0.39, 0.29) is 17.3 Å². The average molecular weight is 252 g/mol. The molecule has 3 rings (SSSR count). The van der Waals surface area contributed by atoms with Gasteiger partial charge in [0.05, 0.1) is 0 Å². The molecule has 0 saturated carbocycles. The SMILES string of the molecule is Cc1c(O)cc2c(c1C)C(=O)c1ccccc1C2=O. The van der Waals surface area contributed by atoms with Crippen molar-refractivity contribution in [2.24, 2.45) is 0 Å². The number of carbonyl (C=O) groups is 2. The van der Waals surface area contributed by atoms with E-state index in [0.717, 1.165) is 0 Å². The van der Waals surface area contributed by atoms with Crippen LogP contribution in [0.1, 0.15) is 43.0 Å². The molecule has 0 saturated heterocycles. The number of aromatic hydroxyl groups is 1. The fourth-order valence-corrected chi connectivity index (χ4v) is 2.53. The molecule has 3 nitrogen and oxygen atoms in total. The van der Waals surface area contributed by atoms with Crippen LogP contribution in [-0.4, -0.2) is 16.7 Å². The van der Waals surface area contributed by atoms with E-state index in [1.54, 1.807) is 38.1 Å². The van der Waals surface area contributed by atoms with Gasteiger partial charge in [-0.3, -0.25) is 9.59 Å². The number of phenolic OH excluding ortho intramolecular Hbond substituents is 1. The zero-order valence-corrected chi connectivity index (χ0v) is 10.7. The standard InChI is InChI=1S/C16H12O3/c1-8-9(2)14-12(7-13(8)17)15(18)10-5-3-4-6-11(10)16(14)19/h3-7,17H,1-2H3. The highest BCUT2D eigenvalue weighted by Gasteiger charge is 2.31. The molecule has 0 aliphatic heterocycles. The molecular formula is C16H12O3. The molecule has 0 amide bonds. The van der Waals surface area contributed by atoms with Crippen molar-refractivity contribution < 1.29 is 14.7 Å². The normalized spacial score (nSPS) is 13.2. The Hall–Kier alpha value is -2.42. The molecule has 0 radical (unpaired) electrons. The van der Waals surface area contributed by atoms with Gasteiger partial charge in [-0.2, -0.15) is 0 Å². The average Bonchev–Trinajstić information content (AvgIpc) is 2.42. The van der Waals surface area contributed by atoms with Crippen molar-refractivity contribution in [1.82, 2.24) is 0 Å². The number of ketones is 2. The van der Waals surface area contributed by atoms with E-state index in [0.29, 0.717) is 33.4 Å². The van der Waals surface area contributed by atoms with Gasteiger partial charge in [-0.25, -0.2) is 0 Å². The molecule has 2 aromatic rings. The van der Waals surface area contributed by atoms with Gasteiger partial charge in [0, 0.05) is 22.3 Å². The maximum atomic E-state index is 12.5. The summed E-state index contributed by atoms with van der Waals surface area (Å²) in [5, 5.41) is 9.84. The maximum Gasteiger partial charge on any atom is 0.194 e. The van der Waals surface area contributed by atoms with Gasteiger partial charge in [-0.05, 0) is 31.0 Å². The van der Waals surface area contributed by atoms with Gasteiger partial charge in [0.1, 0.15) is 5.75 Å². The topological polar surface area (TPSA) is 54.4 Å². The van der Waals surface area contributed by atoms with E-state index in [1.807, 2.05) is 0 Å². The van der Waals surface area contributed by atoms with Gasteiger partial charge >= 0.3 is 0 Å². The van der Waals surface area contributed by atoms with Crippen LogP contribution >= 0.6 is 0 Å². The molecule has 3 heteroatoms. The monoisotopic (exact) mass is 252 g/mol. The molecule has 0 fully saturated rings. The fraction of sp³-hybridized carbons (Fsp3) is 0.125. The van der Waals surface area contributed by atoms with Crippen LogP contribution in [0.5, 0.6) is 5.75 Å². The highest BCUT2D eigenvalue weighted by atomic mass is 16.3. The Morgan fingerprint density at radius 3 is 2.05 bits per heavy atom. The molecule has 1 aliphatic rings. The minimum atomic E-state index is -0.205. The second-order valence-electron chi connectivity index (χ2n) is 4.77. The minimum Gasteiger partial charge on any atom is -0.508 e. The lowest BCUT2D eigenvalue weighted by Crippen LogP contribution is -2.22. The Morgan fingerprint density at radius 2 is 1.42 bits per heavy atom. The van der Waals surface area contributed by atoms with Gasteiger partial charge in [0.2, 0.25) is 0 Å². The molecular weight excluding hydrogens is 240 g/mol. The number of hydrogen-bond acceptors (Lipinski definition) is 3. The lowest BCUT2D eigenvalue weighted by Gasteiger charge is -2.20. The van der Waals surface area contributed by atoms with E-state index in [4.69, 9.17) is 0 Å². The van der Waals surface area contributed by atoms with Crippen molar-refractivity contribution in [3.05, 3.63) is 63.7 Å². The molecule has 1 aliphatic carbocycles. The predicted octanol–water partition coefficient (Wildman–Crippen LogP) is 2.78. The Kier molecular flexibility index (Phi) is 2.32. The van der Waals surface area contributed by atoms with Crippen LogP contribution in [0.25, 0.3) is 0 Å². The molecule has 0 spiro atoms. The molecule has 0 heterocycles. The second kappa shape index (κ2) is 3.79. The van der Waals surface area contributed by atoms with Gasteiger partial charge in [-0.1, -0.05) is 24.3 Å². The van der Waals surface area contributed by atoms with Crippen molar-refractivity contribution in [2.45, 2.75) is 13.8 Å². The summed E-state index contributed by atoms with van der Waals surface area (Å²) in [6, 6.07) is 8.19. The number of hydrogen-bond donors (Lipinski definition) is 1. The van der Waals surface area contributed by atoms with Crippen LogP contribution in [0.15, 0.2) is 30.3 Å². The highest BCUT2D eigenvalue weighted by Crippen LogP contribution is 2.34. The molecule has 94 valence electrons. The number of benzene rings is 2. The summed E-state index contributed by atoms with van der Waals surface area (Å²) in [6.07, 6.45) is 0. The third-order valence-corrected chi connectivity index (χ3v) is 3.76. The zero-order chi connectivity index (χ0) is 13.7. The Balaban J connectivity index is 2.40. The van der Waals surface area contributed by atoms with Gasteiger partial charge in [0.25, 0.3) is 0 Å². The van der Waals surface area contributed by atoms with Crippen LogP contribution < -0.4 is 0 Å². The lowest BCUT2D eigenvalue weighted by molar-refractivity contribution is 0.0978. The number of phenols is 1. The van der Waals surface area contributed by atoms with Crippen LogP contribution in [0.2, 0.25) is 0 Å². The first-order valence-electron chi connectivity index (χ1n) is 6.04. The van der Waals surface area contributed by atoms with E-state index in [2.05, 4.69) is 0 Å². The van der Waals surface area contributed by atoms with Gasteiger partial charge in [0.15, 0.2) is 11.6 Å². The second-order valence-corrected chi connectivity index (χ2v) is 4.77. The summed E-state index contributed by atoms with van der Waals surface area (Å²) in [6.45, 7) is 3.50. The van der Waals surface area contributed by atoms with Crippen LogP contribution in [0, 0.1) is 13.8 Å². The summed E-state index contributed by atoms with van der Waals surface area (Å²) in [7, 11) is 0. The third-order valence-electron chi connectivity index (χ3n) is 3.76. The first-order chi connectivity index (χ1) is 9.02. The molecule has 0 bridgehead atoms. The van der Waals surface area contributed by atoms with Crippen LogP contribution in [-0.2, 0) is 0 Å². The minimum absolute atomic E-state index is 0.0526. The molecule has 19 heavy (non-hydrogen) atoms. The van der Waals surface area contributed by atoms with Gasteiger partial charge in [-0.15, -0.1) is 0 Å². The third kappa shape index (κ3) is 1.45. The number of carbonyl (C=O) groups excluding carboxylic acids is 2. The maximum absolute atomic E-state index is 12.5. The first-order valence-corrected chi connectivity index (χ1v) is 6.04. The quantitative estimate of drug-likeness (QED) is 0.669. The molecule has 0 aromatic heterocycles. The Morgan fingerprint density at radius 1 is 0.842 bits per heavy atom. The summed E-state index contributed by atoms with van der Waals surface area (Å²) in [4.78, 5) is 24.9. The predicted molar refractivity (Wildman–Crippen MR) is 70.9 cm³/mol. The highest BCUT2D eigenvalue weighted by molar-refractivity contribution is 6.29. The summed E-state index contributed by atoms with van der Waals surface area (Å²) in [5.41, 5.74) is 2.86. The smallest absolute Gasteiger partial charge is 0.194 e. The summed E-state index contributed by atoms with van der Waals surface area (Å²) < 4.78 is 0. The van der Waals surface area contributed by atoms with E-state index >= 15 is 0 Å². The lowest BCUT2D eigenvalue weighted by atomic mass is 9.81. The Labute approximate surface area is 110 Å². The number of fused-ring (bicyclic) bond motifs is 2. The first kappa shape index (κ1) is 11.7. The molecule has 1 N–H and O–H groups in total. The van der Waals surface area contributed by atoms with Crippen molar-refractivity contribution in [1.29, 1.82) is 0 Å². The van der Waals surface area contributed by atoms with E-state index < -0.39 is 0 Å². The van der Waals surface area contributed by atoms with E-state index in [1.165, 1.54) is 6.07 Å². The van der Waals surface area contributed by atoms with Crippen molar-refractivity contribution in [3.63, 3.8) is 0 Å². The number of rotatable bonds is 0. The van der Waals surface area contributed by atoms with E-state index in [9.17, 15) is 14.7 Å². The van der Waals surface area contributed by atoms with Gasteiger partial charge < -0.3 is 5.11 Å². The largest absolute Gasteiger partial charge is 0.508 e. The summed E-state index contributed by atoms with van der Waals surface area (Å²) in [5.74, 6) is -0.300. The molecule has 0 atom stereocenters. The van der Waals surface area contributed by atoms with Crippen LogP contribution in [0.3, 0.4) is 0 Å². The molecule has 0 unspecified atom stereocenters. The zero-order valence-electron chi connectivity index (χ0n) is 10.7. The fourth-order valence-electron chi connectivity index (χ4n) is 2.53. The summed E-state index contributed by atoms with van der Waals surface area (Å²) >= 11 is 0. The van der Waals surface area contributed by atoms with Crippen molar-refractivity contribution >= 4 is 11.6 Å².